The van der Waals surface area contributed by atoms with Gasteiger partial charge in [-0.2, -0.15) is 13.2 Å². The molecule has 0 aliphatic heterocycles. The molecule has 4 nitrogen and oxygen atoms in total. The molecule has 0 saturated carbocycles. The third-order valence-corrected chi connectivity index (χ3v) is 5.87. The van der Waals surface area contributed by atoms with Crippen molar-refractivity contribution in [3.63, 3.8) is 0 Å². The first-order valence-electron chi connectivity index (χ1n) is 8.89. The first kappa shape index (κ1) is 22.6. The van der Waals surface area contributed by atoms with Gasteiger partial charge in [0.1, 0.15) is 28.7 Å². The molecule has 1 aromatic heterocycles. The monoisotopic (exact) mass is 473 g/mol. The van der Waals surface area contributed by atoms with E-state index in [-0.39, 0.29) is 10.8 Å². The summed E-state index contributed by atoms with van der Waals surface area (Å²) in [5.74, 6) is 1.24. The summed E-state index contributed by atoms with van der Waals surface area (Å²) in [7, 11) is 0.441. The topological polar surface area (TPSA) is 47.0 Å². The largest absolute Gasteiger partial charge is 0.456 e. The average molecular weight is 474 g/mol. The van der Waals surface area contributed by atoms with Crippen LogP contribution in [0.5, 0.6) is 11.5 Å². The molecule has 0 bridgehead atoms. The fraction of sp³-hybridized carbons (Fsp3) is 0.200. The molecule has 30 heavy (non-hydrogen) atoms. The fourth-order valence-corrected chi connectivity index (χ4v) is 3.91. The molecule has 1 heterocycles. The molecule has 0 aliphatic rings. The van der Waals surface area contributed by atoms with Gasteiger partial charge in [-0.25, -0.2) is 9.97 Å². The second-order valence-corrected chi connectivity index (χ2v) is 8.21. The van der Waals surface area contributed by atoms with Crippen molar-refractivity contribution >= 4 is 42.9 Å². The number of nitrogens with one attached hydrogen (secondary N) is 1. The summed E-state index contributed by atoms with van der Waals surface area (Å²) in [4.78, 5) is 8.29. The smallest absolute Gasteiger partial charge is 0.416 e. The van der Waals surface area contributed by atoms with Crippen LogP contribution in [0, 0.1) is 0 Å². The molecule has 3 aromatic rings. The van der Waals surface area contributed by atoms with Crippen LogP contribution in [0.2, 0.25) is 10.0 Å². The highest BCUT2D eigenvalue weighted by Gasteiger charge is 2.31. The van der Waals surface area contributed by atoms with Gasteiger partial charge in [0.15, 0.2) is 0 Å². The summed E-state index contributed by atoms with van der Waals surface area (Å²) < 4.78 is 43.8. The van der Waals surface area contributed by atoms with E-state index in [9.17, 15) is 13.2 Å². The second kappa shape index (κ2) is 9.82. The van der Waals surface area contributed by atoms with Crippen LogP contribution >= 0.6 is 31.8 Å². The Hall–Kier alpha value is -2.08. The molecule has 2 aromatic carbocycles. The summed E-state index contributed by atoms with van der Waals surface area (Å²) in [5, 5.41) is 4.69. The number of anilines is 1. The lowest BCUT2D eigenvalue weighted by molar-refractivity contribution is -0.137. The zero-order valence-electron chi connectivity index (χ0n) is 15.7. The Bertz CT molecular complexity index is 1020. The third kappa shape index (κ3) is 5.75. The standard InChI is InChI=1S/C20H17Cl2F3N3OP/c1-2-16-18(22)19(27-10-26-16)28-11-30-14-6-4-13(5-7-14)29-17-8-3-12(9-15(17)21)20(23,24)25/h3-10,30H,2,11H2,1H3,(H,26,27,28). The van der Waals surface area contributed by atoms with Crippen LogP contribution in [0.25, 0.3) is 0 Å². The van der Waals surface area contributed by atoms with Crippen LogP contribution in [-0.2, 0) is 12.6 Å². The molecule has 0 saturated heterocycles. The quantitative estimate of drug-likeness (QED) is 0.396. The van der Waals surface area contributed by atoms with Crippen LogP contribution in [-0.4, -0.2) is 16.3 Å². The maximum Gasteiger partial charge on any atom is 0.416 e. The zero-order valence-corrected chi connectivity index (χ0v) is 18.2. The lowest BCUT2D eigenvalue weighted by atomic mass is 10.2. The van der Waals surface area contributed by atoms with E-state index in [0.29, 0.717) is 31.5 Å². The van der Waals surface area contributed by atoms with Crippen molar-refractivity contribution in [1.29, 1.82) is 0 Å². The Labute approximate surface area is 183 Å². The number of hydrogen-bond donors (Lipinski definition) is 1. The van der Waals surface area contributed by atoms with Gasteiger partial charge < -0.3 is 10.1 Å². The number of nitrogens with zero attached hydrogens (tertiary/aromatic N) is 2. The van der Waals surface area contributed by atoms with Gasteiger partial charge in [-0.15, -0.1) is 0 Å². The molecule has 0 radical (unpaired) electrons. The van der Waals surface area contributed by atoms with Gasteiger partial charge >= 0.3 is 6.18 Å². The number of rotatable bonds is 7. The summed E-state index contributed by atoms with van der Waals surface area (Å²) in [6.45, 7) is 1.97. The minimum atomic E-state index is -4.45. The van der Waals surface area contributed by atoms with Crippen LogP contribution in [0.1, 0.15) is 18.2 Å². The minimum Gasteiger partial charge on any atom is -0.456 e. The van der Waals surface area contributed by atoms with E-state index >= 15 is 0 Å². The van der Waals surface area contributed by atoms with Gasteiger partial charge in [-0.1, -0.05) is 50.8 Å². The predicted molar refractivity (Wildman–Crippen MR) is 116 cm³/mol. The minimum absolute atomic E-state index is 0.104. The zero-order chi connectivity index (χ0) is 21.7. The number of alkyl halides is 3. The number of aromatic nitrogens is 2. The lowest BCUT2D eigenvalue weighted by Gasteiger charge is -2.12. The molecule has 0 amide bonds. The van der Waals surface area contributed by atoms with E-state index in [1.807, 2.05) is 19.1 Å². The number of aryl methyl sites for hydroxylation is 1. The molecule has 10 heteroatoms. The normalized spacial score (nSPS) is 11.8. The number of halogens is 5. The Morgan fingerprint density at radius 1 is 1.07 bits per heavy atom. The predicted octanol–water partition coefficient (Wildman–Crippen LogP) is 6.53. The van der Waals surface area contributed by atoms with Crippen LogP contribution in [0.4, 0.5) is 19.0 Å². The molecule has 0 spiro atoms. The van der Waals surface area contributed by atoms with Gasteiger partial charge in [0.05, 0.1) is 16.3 Å². The molecular weight excluding hydrogens is 457 g/mol. The van der Waals surface area contributed by atoms with E-state index in [1.54, 1.807) is 12.1 Å². The molecule has 1 unspecified atom stereocenters. The van der Waals surface area contributed by atoms with Crippen molar-refractivity contribution in [2.75, 3.05) is 11.6 Å². The van der Waals surface area contributed by atoms with E-state index in [1.165, 1.54) is 12.4 Å². The summed E-state index contributed by atoms with van der Waals surface area (Å²) in [6.07, 6.45) is -1.60. The van der Waals surface area contributed by atoms with Crippen LogP contribution < -0.4 is 15.4 Å². The van der Waals surface area contributed by atoms with Gasteiger partial charge in [0.2, 0.25) is 0 Å². The van der Waals surface area contributed by atoms with Gasteiger partial charge in [0, 0.05) is 6.29 Å². The van der Waals surface area contributed by atoms with Crippen molar-refractivity contribution in [1.82, 2.24) is 9.97 Å². The van der Waals surface area contributed by atoms with E-state index < -0.39 is 11.7 Å². The fourth-order valence-electron chi connectivity index (χ4n) is 2.53. The maximum absolute atomic E-state index is 12.7. The van der Waals surface area contributed by atoms with E-state index in [2.05, 4.69) is 15.3 Å². The summed E-state index contributed by atoms with van der Waals surface area (Å²) in [5.41, 5.74) is -0.0281. The molecule has 3 rings (SSSR count). The maximum atomic E-state index is 12.7. The van der Waals surface area contributed by atoms with E-state index in [0.717, 1.165) is 29.6 Å². The first-order chi connectivity index (χ1) is 14.3. The average Bonchev–Trinajstić information content (AvgIpc) is 2.71. The van der Waals surface area contributed by atoms with Gasteiger partial charge in [0.25, 0.3) is 0 Å². The molecule has 0 aliphatic carbocycles. The number of benzene rings is 2. The molecule has 1 N–H and O–H groups in total. The Morgan fingerprint density at radius 2 is 1.80 bits per heavy atom. The molecule has 1 atom stereocenters. The van der Waals surface area contributed by atoms with Gasteiger partial charge in [-0.3, -0.25) is 0 Å². The Kier molecular flexibility index (Phi) is 7.40. The van der Waals surface area contributed by atoms with Crippen LogP contribution in [0.3, 0.4) is 0 Å². The second-order valence-electron chi connectivity index (χ2n) is 6.14. The molecular formula is C20H17Cl2F3N3OP. The Balaban J connectivity index is 1.58. The third-order valence-electron chi connectivity index (χ3n) is 4.09. The number of hydrogen-bond acceptors (Lipinski definition) is 4. The summed E-state index contributed by atoms with van der Waals surface area (Å²) in [6, 6.07) is 10.2. The highest BCUT2D eigenvalue weighted by Crippen LogP contribution is 2.36. The first-order valence-corrected chi connectivity index (χ1v) is 10.9. The highest BCUT2D eigenvalue weighted by molar-refractivity contribution is 7.47. The SMILES string of the molecule is CCc1ncnc(NCPc2ccc(Oc3ccc(C(F)(F)F)cc3Cl)cc2)c1Cl. The van der Waals surface area contributed by atoms with Crippen molar-refractivity contribution < 1.29 is 17.9 Å². The van der Waals surface area contributed by atoms with Crippen molar-refractivity contribution in [3.05, 3.63) is 70.1 Å². The van der Waals surface area contributed by atoms with Crippen molar-refractivity contribution in [3.8, 4) is 11.5 Å². The summed E-state index contributed by atoms with van der Waals surface area (Å²) >= 11 is 12.2. The highest BCUT2D eigenvalue weighted by atomic mass is 35.5. The number of ether oxygens (including phenoxy) is 1. The Morgan fingerprint density at radius 3 is 2.43 bits per heavy atom. The van der Waals surface area contributed by atoms with Gasteiger partial charge in [-0.05, 0) is 42.1 Å². The van der Waals surface area contributed by atoms with Crippen molar-refractivity contribution in [2.24, 2.45) is 0 Å². The van der Waals surface area contributed by atoms with Crippen LogP contribution in [0.15, 0.2) is 48.8 Å². The van der Waals surface area contributed by atoms with Crippen molar-refractivity contribution in [2.45, 2.75) is 19.5 Å². The van der Waals surface area contributed by atoms with E-state index in [4.69, 9.17) is 27.9 Å². The molecule has 0 fully saturated rings. The molecule has 158 valence electrons. The lowest BCUT2D eigenvalue weighted by Crippen LogP contribution is -2.06.